The monoisotopic (exact) mass is 613 g/mol. The number of ether oxygens (including phenoxy) is 1. The molecule has 2 fully saturated rings. The van der Waals surface area contributed by atoms with Gasteiger partial charge in [0, 0.05) is 12.1 Å². The highest BCUT2D eigenvalue weighted by Gasteiger charge is 2.54. The molecule has 43 heavy (non-hydrogen) atoms. The number of alkyl halides is 1. The molecule has 3 N–H and O–H groups in total. The smallest absolute Gasteiger partial charge is 0.246 e. The van der Waals surface area contributed by atoms with E-state index in [0.717, 1.165) is 21.0 Å². The Bertz CT molecular complexity index is 1440. The minimum absolute atomic E-state index is 0.0162. The molecule has 4 rings (SSSR count). The van der Waals surface area contributed by atoms with E-state index < -0.39 is 65.1 Å². The summed E-state index contributed by atoms with van der Waals surface area (Å²) < 4.78 is 21.5. The lowest BCUT2D eigenvalue weighted by molar-refractivity contribution is -0.145. The zero-order valence-electron chi connectivity index (χ0n) is 25.7. The van der Waals surface area contributed by atoms with Crippen LogP contribution in [-0.2, 0) is 20.9 Å². The van der Waals surface area contributed by atoms with Gasteiger partial charge < -0.3 is 25.4 Å². The van der Waals surface area contributed by atoms with Crippen molar-refractivity contribution >= 4 is 29.1 Å². The predicted octanol–water partition coefficient (Wildman–Crippen LogP) is 3.66. The Labute approximate surface area is 255 Å². The van der Waals surface area contributed by atoms with Crippen LogP contribution in [0.3, 0.4) is 0 Å². The first-order valence-corrected chi connectivity index (χ1v) is 15.2. The lowest BCUT2D eigenvalue weighted by Gasteiger charge is -2.35. The Balaban J connectivity index is 1.55. The van der Waals surface area contributed by atoms with Gasteiger partial charge in [0.15, 0.2) is 6.17 Å². The number of hydrogen-bond acceptors (Lipinski definition) is 8. The molecule has 1 aromatic carbocycles. The second-order valence-corrected chi connectivity index (χ2v) is 14.3. The zero-order chi connectivity index (χ0) is 31.9. The number of hydrogen-bond donors (Lipinski definition) is 3. The van der Waals surface area contributed by atoms with Crippen molar-refractivity contribution in [2.24, 2.45) is 10.8 Å². The maximum Gasteiger partial charge on any atom is 0.246 e. The minimum atomic E-state index is -2.03. The third kappa shape index (κ3) is 6.99. The molecule has 3 amide bonds. The fourth-order valence-electron chi connectivity index (χ4n) is 5.04. The number of benzene rings is 1. The van der Waals surface area contributed by atoms with Crippen molar-refractivity contribution in [1.82, 2.24) is 20.5 Å². The molecule has 232 valence electrons. The molecule has 1 aliphatic carbocycles. The van der Waals surface area contributed by atoms with Gasteiger partial charge in [-0.25, -0.2) is 9.37 Å². The Morgan fingerprint density at radius 3 is 2.47 bits per heavy atom. The number of amides is 3. The number of carbonyl (C=O) groups is 3. The normalized spacial score (nSPS) is 22.0. The first kappa shape index (κ1) is 32.4. The van der Waals surface area contributed by atoms with E-state index in [0.29, 0.717) is 24.2 Å². The number of likely N-dealkylation sites (tertiary alicyclic amines) is 1. The number of nitrogens with zero attached hydrogens (tertiary/aromatic N) is 3. The standard InChI is InChI=1S/C31H40FN5O5S/c1-17-24(43-16-35-17)18-8-9-19(21(12-18)42-30(5,6)7)13-34-26(39)23-22(32)20(38)14-37(23)27(40)25(29(2,3)4)36-28(41)31(15-33)10-11-31/h8-9,12,16,20,22-23,25,38H,10-11,13-14H2,1-7H3,(H,34,39)(H,36,41)/t20-,22-,23-,25+/m0/s1. The van der Waals surface area contributed by atoms with Gasteiger partial charge in [-0.15, -0.1) is 11.3 Å². The second-order valence-electron chi connectivity index (χ2n) is 13.4. The van der Waals surface area contributed by atoms with E-state index in [1.54, 1.807) is 26.3 Å². The van der Waals surface area contributed by atoms with Crippen LogP contribution in [0.25, 0.3) is 10.4 Å². The fourth-order valence-corrected chi connectivity index (χ4v) is 5.84. The summed E-state index contributed by atoms with van der Waals surface area (Å²) in [7, 11) is 0. The summed E-state index contributed by atoms with van der Waals surface area (Å²) >= 11 is 1.51. The molecule has 1 saturated heterocycles. The van der Waals surface area contributed by atoms with Gasteiger partial charge in [0.25, 0.3) is 0 Å². The van der Waals surface area contributed by atoms with Crippen molar-refractivity contribution in [3.8, 4) is 22.3 Å². The van der Waals surface area contributed by atoms with Gasteiger partial charge in [-0.2, -0.15) is 5.26 Å². The summed E-state index contributed by atoms with van der Waals surface area (Å²) in [4.78, 5) is 46.4. The average molecular weight is 614 g/mol. The number of nitrogens with one attached hydrogen (secondary N) is 2. The molecular weight excluding hydrogens is 573 g/mol. The van der Waals surface area contributed by atoms with E-state index in [1.165, 1.54) is 11.3 Å². The highest BCUT2D eigenvalue weighted by molar-refractivity contribution is 7.13. The number of thiazole rings is 1. The first-order chi connectivity index (χ1) is 20.0. The Kier molecular flexibility index (Phi) is 8.91. The Morgan fingerprint density at radius 1 is 1.26 bits per heavy atom. The number of carbonyl (C=O) groups excluding carboxylic acids is 3. The number of rotatable bonds is 8. The van der Waals surface area contributed by atoms with Crippen LogP contribution in [0.2, 0.25) is 0 Å². The molecule has 0 unspecified atom stereocenters. The lowest BCUT2D eigenvalue weighted by atomic mass is 9.85. The number of aryl methyl sites for hydroxylation is 1. The number of halogens is 1. The highest BCUT2D eigenvalue weighted by atomic mass is 32.1. The molecule has 2 heterocycles. The van der Waals surface area contributed by atoms with Gasteiger partial charge in [0.1, 0.15) is 35.0 Å². The number of aromatic nitrogens is 1. The second kappa shape index (κ2) is 11.8. The van der Waals surface area contributed by atoms with E-state index >= 15 is 4.39 Å². The van der Waals surface area contributed by atoms with Gasteiger partial charge >= 0.3 is 0 Å². The minimum Gasteiger partial charge on any atom is -0.488 e. The van der Waals surface area contributed by atoms with Crippen LogP contribution in [-0.4, -0.2) is 69.2 Å². The van der Waals surface area contributed by atoms with Crippen molar-refractivity contribution in [3.63, 3.8) is 0 Å². The topological polar surface area (TPSA) is 145 Å². The molecule has 12 heteroatoms. The molecule has 0 radical (unpaired) electrons. The maximum atomic E-state index is 15.3. The molecule has 4 atom stereocenters. The number of aliphatic hydroxyl groups is 1. The third-order valence-electron chi connectivity index (χ3n) is 7.67. The molecule has 2 aromatic rings. The zero-order valence-corrected chi connectivity index (χ0v) is 26.5. The SMILES string of the molecule is Cc1ncsc1-c1ccc(CNC(=O)[C@@H]2[C@@H](F)[C@@H](O)CN2C(=O)[C@@H](NC(=O)C2(C#N)CC2)C(C)(C)C)c(OC(C)(C)C)c1. The van der Waals surface area contributed by atoms with Crippen molar-refractivity contribution in [2.45, 2.75) is 97.8 Å². The maximum absolute atomic E-state index is 15.3. The van der Waals surface area contributed by atoms with Gasteiger partial charge in [-0.1, -0.05) is 32.9 Å². The van der Waals surface area contributed by atoms with E-state index in [1.807, 2.05) is 52.0 Å². The number of β-amino-alcohol motifs (C(OH)–C–C–N with tert-alkyl or cyclic N) is 1. The molecule has 10 nitrogen and oxygen atoms in total. The lowest BCUT2D eigenvalue weighted by Crippen LogP contribution is -2.59. The van der Waals surface area contributed by atoms with Gasteiger partial charge in [-0.3, -0.25) is 14.4 Å². The van der Waals surface area contributed by atoms with Gasteiger partial charge in [-0.05, 0) is 57.6 Å². The molecule has 1 aromatic heterocycles. The predicted molar refractivity (Wildman–Crippen MR) is 160 cm³/mol. The number of nitriles is 1. The molecule has 0 spiro atoms. The molecule has 1 aliphatic heterocycles. The van der Waals surface area contributed by atoms with Crippen LogP contribution >= 0.6 is 11.3 Å². The van der Waals surface area contributed by atoms with Gasteiger partial charge in [0.2, 0.25) is 17.7 Å². The molecular formula is C31H40FN5O5S. The summed E-state index contributed by atoms with van der Waals surface area (Å²) in [6.07, 6.45) is -2.82. The Morgan fingerprint density at radius 2 is 1.93 bits per heavy atom. The fraction of sp³-hybridized carbons (Fsp3) is 0.581. The number of aliphatic hydroxyl groups excluding tert-OH is 1. The van der Waals surface area contributed by atoms with E-state index in [4.69, 9.17) is 4.74 Å². The van der Waals surface area contributed by atoms with Crippen molar-refractivity contribution in [3.05, 3.63) is 35.0 Å². The average Bonchev–Trinajstić information content (AvgIpc) is 3.51. The first-order valence-electron chi connectivity index (χ1n) is 14.3. The van der Waals surface area contributed by atoms with Crippen LogP contribution in [0.4, 0.5) is 4.39 Å². The summed E-state index contributed by atoms with van der Waals surface area (Å²) in [6.45, 7) is 12.4. The Hall–Kier alpha value is -3.56. The van der Waals surface area contributed by atoms with Crippen molar-refractivity contribution < 1.29 is 28.6 Å². The molecule has 2 aliphatic rings. The summed E-state index contributed by atoms with van der Waals surface area (Å²) in [6, 6.07) is 4.85. The highest BCUT2D eigenvalue weighted by Crippen LogP contribution is 2.45. The summed E-state index contributed by atoms with van der Waals surface area (Å²) in [5, 5.41) is 25.2. The van der Waals surface area contributed by atoms with E-state index in [2.05, 4.69) is 15.6 Å². The van der Waals surface area contributed by atoms with Crippen LogP contribution in [0.5, 0.6) is 5.75 Å². The molecule has 1 saturated carbocycles. The van der Waals surface area contributed by atoms with E-state index in [-0.39, 0.29) is 6.54 Å². The quantitative estimate of drug-likeness (QED) is 0.412. The van der Waals surface area contributed by atoms with Crippen LogP contribution < -0.4 is 15.4 Å². The third-order valence-corrected chi connectivity index (χ3v) is 8.65. The largest absolute Gasteiger partial charge is 0.488 e. The van der Waals surface area contributed by atoms with Crippen LogP contribution in [0.15, 0.2) is 23.7 Å². The van der Waals surface area contributed by atoms with Crippen LogP contribution in [0.1, 0.15) is 65.6 Å². The summed E-state index contributed by atoms with van der Waals surface area (Å²) in [5.74, 6) is -1.51. The van der Waals surface area contributed by atoms with Crippen molar-refractivity contribution in [2.75, 3.05) is 6.54 Å². The van der Waals surface area contributed by atoms with Gasteiger partial charge in [0.05, 0.1) is 28.7 Å². The van der Waals surface area contributed by atoms with Crippen molar-refractivity contribution in [1.29, 1.82) is 5.26 Å². The van der Waals surface area contributed by atoms with E-state index in [9.17, 15) is 24.8 Å². The van der Waals surface area contributed by atoms with Crippen LogP contribution in [0, 0.1) is 29.1 Å². The summed E-state index contributed by atoms with van der Waals surface area (Å²) in [5.41, 5.74) is 1.67. The molecule has 0 bridgehead atoms.